The summed E-state index contributed by atoms with van der Waals surface area (Å²) in [5.74, 6) is 0. The minimum Gasteiger partial charge on any atom is -0.397 e. The molecule has 0 atom stereocenters. The summed E-state index contributed by atoms with van der Waals surface area (Å²) >= 11 is 0. The number of nitrogens with zero attached hydrogens (tertiary/aromatic N) is 1. The van der Waals surface area contributed by atoms with Crippen LogP contribution in [0.15, 0.2) is 18.2 Å². The second-order valence-corrected chi connectivity index (χ2v) is 2.85. The number of para-hydroxylation sites is 1. The first-order valence-corrected chi connectivity index (χ1v) is 3.62. The molecule has 3 heteroatoms. The normalized spacial score (nSPS) is 16.1. The molecule has 0 amide bonds. The van der Waals surface area contributed by atoms with E-state index in [-0.39, 0.29) is 0 Å². The van der Waals surface area contributed by atoms with Gasteiger partial charge < -0.3 is 11.2 Å². The zero-order valence-electron chi connectivity index (χ0n) is 6.46. The predicted octanol–water partition coefficient (Wildman–Crippen LogP) is 1.04. The van der Waals surface area contributed by atoms with Crippen molar-refractivity contribution in [2.45, 2.75) is 6.54 Å². The number of hydrogen-bond donors (Lipinski definition) is 2. The number of hydrazine groups is 1. The molecule has 1 heterocycles. The standard InChI is InChI=1S/C8H11N3/c1-11-5-6-3-2-4-7(9)8(6)10-11/h2-4,10H,5,9H2,1H3. The Balaban J connectivity index is 2.49. The highest BCUT2D eigenvalue weighted by atomic mass is 15.5. The summed E-state index contributed by atoms with van der Waals surface area (Å²) in [6.45, 7) is 0.931. The third-order valence-corrected chi connectivity index (χ3v) is 1.89. The third kappa shape index (κ3) is 0.935. The van der Waals surface area contributed by atoms with E-state index < -0.39 is 0 Å². The van der Waals surface area contributed by atoms with Gasteiger partial charge in [0.1, 0.15) is 0 Å². The molecule has 0 spiro atoms. The van der Waals surface area contributed by atoms with Crippen LogP contribution >= 0.6 is 0 Å². The van der Waals surface area contributed by atoms with Crippen LogP contribution in [0.4, 0.5) is 11.4 Å². The van der Waals surface area contributed by atoms with E-state index in [0.717, 1.165) is 17.9 Å². The lowest BCUT2D eigenvalue weighted by atomic mass is 10.2. The zero-order chi connectivity index (χ0) is 7.84. The lowest BCUT2D eigenvalue weighted by Crippen LogP contribution is -2.16. The molecule has 0 radical (unpaired) electrons. The molecule has 1 aliphatic rings. The van der Waals surface area contributed by atoms with Gasteiger partial charge in [-0.25, -0.2) is 5.01 Å². The Labute approximate surface area is 65.8 Å². The van der Waals surface area contributed by atoms with Crippen LogP contribution in [0, 0.1) is 0 Å². The highest BCUT2D eigenvalue weighted by Gasteiger charge is 2.15. The second kappa shape index (κ2) is 2.13. The molecule has 0 saturated carbocycles. The summed E-state index contributed by atoms with van der Waals surface area (Å²) in [5, 5.41) is 2.01. The molecule has 0 aromatic heterocycles. The predicted molar refractivity (Wildman–Crippen MR) is 45.9 cm³/mol. The van der Waals surface area contributed by atoms with Gasteiger partial charge in [-0.05, 0) is 11.6 Å². The molecule has 1 aliphatic heterocycles. The number of nitrogens with one attached hydrogen (secondary N) is 1. The fourth-order valence-electron chi connectivity index (χ4n) is 1.37. The number of benzene rings is 1. The van der Waals surface area contributed by atoms with Gasteiger partial charge in [-0.1, -0.05) is 12.1 Å². The molecule has 0 unspecified atom stereocenters. The number of rotatable bonds is 0. The Hall–Kier alpha value is -1.22. The molecule has 58 valence electrons. The summed E-state index contributed by atoms with van der Waals surface area (Å²) in [5.41, 5.74) is 12.1. The summed E-state index contributed by atoms with van der Waals surface area (Å²) < 4.78 is 0. The van der Waals surface area contributed by atoms with Gasteiger partial charge in [-0.2, -0.15) is 0 Å². The summed E-state index contributed by atoms with van der Waals surface area (Å²) in [6.07, 6.45) is 0. The van der Waals surface area contributed by atoms with Crippen molar-refractivity contribution in [3.8, 4) is 0 Å². The van der Waals surface area contributed by atoms with Gasteiger partial charge in [0.25, 0.3) is 0 Å². The van der Waals surface area contributed by atoms with Gasteiger partial charge in [0.05, 0.1) is 11.4 Å². The van der Waals surface area contributed by atoms with Gasteiger partial charge in [0.2, 0.25) is 0 Å². The van der Waals surface area contributed by atoms with Crippen LogP contribution < -0.4 is 11.2 Å². The SMILES string of the molecule is CN1Cc2cccc(N)c2N1. The number of nitrogens with two attached hydrogens (primary N) is 1. The molecule has 1 aromatic rings. The van der Waals surface area contributed by atoms with E-state index in [1.54, 1.807) is 0 Å². The van der Waals surface area contributed by atoms with Crippen molar-refractivity contribution in [2.24, 2.45) is 0 Å². The Kier molecular flexibility index (Phi) is 1.26. The van der Waals surface area contributed by atoms with E-state index in [2.05, 4.69) is 11.5 Å². The van der Waals surface area contributed by atoms with Crippen molar-refractivity contribution in [3.05, 3.63) is 23.8 Å². The molecular formula is C8H11N3. The van der Waals surface area contributed by atoms with Gasteiger partial charge in [-0.3, -0.25) is 0 Å². The largest absolute Gasteiger partial charge is 0.397 e. The highest BCUT2D eigenvalue weighted by Crippen LogP contribution is 2.29. The minimum absolute atomic E-state index is 0.826. The Bertz CT molecular complexity index is 283. The zero-order valence-corrected chi connectivity index (χ0v) is 6.46. The first-order valence-electron chi connectivity index (χ1n) is 3.62. The Morgan fingerprint density at radius 1 is 1.55 bits per heavy atom. The molecule has 2 rings (SSSR count). The number of anilines is 2. The lowest BCUT2D eigenvalue weighted by Gasteiger charge is -2.07. The summed E-state index contributed by atoms with van der Waals surface area (Å²) in [4.78, 5) is 0. The molecule has 0 aliphatic carbocycles. The van der Waals surface area contributed by atoms with Crippen molar-refractivity contribution >= 4 is 11.4 Å². The number of fused-ring (bicyclic) bond motifs is 1. The van der Waals surface area contributed by atoms with E-state index in [0.29, 0.717) is 0 Å². The first kappa shape index (κ1) is 6.49. The number of nitrogen functional groups attached to an aromatic ring is 1. The van der Waals surface area contributed by atoms with E-state index >= 15 is 0 Å². The van der Waals surface area contributed by atoms with Crippen molar-refractivity contribution in [2.75, 3.05) is 18.2 Å². The maximum absolute atomic E-state index is 5.74. The molecule has 3 N–H and O–H groups in total. The van der Waals surface area contributed by atoms with Gasteiger partial charge in [-0.15, -0.1) is 0 Å². The molecule has 0 fully saturated rings. The molecule has 1 aromatic carbocycles. The van der Waals surface area contributed by atoms with Crippen molar-refractivity contribution < 1.29 is 0 Å². The van der Waals surface area contributed by atoms with Crippen LogP contribution in [0.3, 0.4) is 0 Å². The molecular weight excluding hydrogens is 138 g/mol. The van der Waals surface area contributed by atoms with Crippen molar-refractivity contribution in [3.63, 3.8) is 0 Å². The molecule has 11 heavy (non-hydrogen) atoms. The van der Waals surface area contributed by atoms with Crippen LogP contribution in [0.25, 0.3) is 0 Å². The van der Waals surface area contributed by atoms with E-state index in [4.69, 9.17) is 5.73 Å². The molecule has 0 saturated heterocycles. The quantitative estimate of drug-likeness (QED) is 0.541. The van der Waals surface area contributed by atoms with Crippen LogP contribution in [-0.2, 0) is 6.54 Å². The Morgan fingerprint density at radius 2 is 2.36 bits per heavy atom. The third-order valence-electron chi connectivity index (χ3n) is 1.89. The van der Waals surface area contributed by atoms with Crippen LogP contribution in [-0.4, -0.2) is 12.1 Å². The first-order chi connectivity index (χ1) is 5.27. The minimum atomic E-state index is 0.826. The van der Waals surface area contributed by atoms with Crippen LogP contribution in [0.2, 0.25) is 0 Å². The van der Waals surface area contributed by atoms with Gasteiger partial charge >= 0.3 is 0 Å². The number of hydrogen-bond acceptors (Lipinski definition) is 3. The molecule has 0 bridgehead atoms. The monoisotopic (exact) mass is 149 g/mol. The van der Waals surface area contributed by atoms with E-state index in [9.17, 15) is 0 Å². The van der Waals surface area contributed by atoms with E-state index in [1.807, 2.05) is 24.2 Å². The van der Waals surface area contributed by atoms with Crippen LogP contribution in [0.5, 0.6) is 0 Å². The summed E-state index contributed by atoms with van der Waals surface area (Å²) in [6, 6.07) is 5.97. The van der Waals surface area contributed by atoms with Crippen molar-refractivity contribution in [1.29, 1.82) is 0 Å². The average Bonchev–Trinajstić information content (AvgIpc) is 2.31. The highest BCUT2D eigenvalue weighted by molar-refractivity contribution is 5.71. The topological polar surface area (TPSA) is 41.3 Å². The van der Waals surface area contributed by atoms with E-state index in [1.165, 1.54) is 5.56 Å². The fraction of sp³-hybridized carbons (Fsp3) is 0.250. The smallest absolute Gasteiger partial charge is 0.0766 e. The van der Waals surface area contributed by atoms with Gasteiger partial charge in [0, 0.05) is 13.6 Å². The van der Waals surface area contributed by atoms with Crippen molar-refractivity contribution in [1.82, 2.24) is 5.01 Å². The van der Waals surface area contributed by atoms with Gasteiger partial charge in [0.15, 0.2) is 0 Å². The maximum atomic E-state index is 5.74. The lowest BCUT2D eigenvalue weighted by molar-refractivity contribution is 0.422. The average molecular weight is 149 g/mol. The summed E-state index contributed by atoms with van der Waals surface area (Å²) in [7, 11) is 2.00. The van der Waals surface area contributed by atoms with Crippen LogP contribution in [0.1, 0.15) is 5.56 Å². The second-order valence-electron chi connectivity index (χ2n) is 2.85. The fourth-order valence-corrected chi connectivity index (χ4v) is 1.37. The maximum Gasteiger partial charge on any atom is 0.0766 e. The Morgan fingerprint density at radius 3 is 3.09 bits per heavy atom. The molecule has 3 nitrogen and oxygen atoms in total.